The highest BCUT2D eigenvalue weighted by atomic mass is 35.5. The van der Waals surface area contributed by atoms with Crippen LogP contribution >= 0.6 is 24.8 Å². The standard InChI is InChI=1S/C26H41N5O3.2ClH/c1-17(2)16-31(19-11-18(12-27-13-19)26(6,7)33)23(32)21-15-29-24(25(3,4)5)30-22(21)28-14-20-9-8-10-34-20;;/h8-10,15,17-19,27,33H,11-14,16H2,1-7H3,(H,28,29,30);2*1H/t18-,19?;;/m1../s1. The second-order valence-corrected chi connectivity index (χ2v) is 11.4. The summed E-state index contributed by atoms with van der Waals surface area (Å²) in [6.07, 6.45) is 4.02. The number of amides is 1. The van der Waals surface area contributed by atoms with Gasteiger partial charge in [-0.25, -0.2) is 9.97 Å². The Kier molecular flexibility index (Phi) is 11.7. The van der Waals surface area contributed by atoms with Crippen LogP contribution < -0.4 is 10.6 Å². The molecule has 2 atom stereocenters. The SMILES string of the molecule is CC(C)CN(C(=O)c1cnc(C(C)(C)C)nc1NCc1ccco1)C1CNC[C@H](C(C)(C)O)C1.Cl.Cl. The van der Waals surface area contributed by atoms with E-state index in [1.165, 1.54) is 0 Å². The van der Waals surface area contributed by atoms with Gasteiger partial charge in [0.1, 0.15) is 23.0 Å². The molecule has 0 saturated carbocycles. The van der Waals surface area contributed by atoms with E-state index in [-0.39, 0.29) is 48.1 Å². The average molecular weight is 545 g/mol. The Bertz CT molecular complexity index is 955. The molecule has 3 heterocycles. The van der Waals surface area contributed by atoms with E-state index in [1.807, 2.05) is 30.9 Å². The molecule has 36 heavy (non-hydrogen) atoms. The van der Waals surface area contributed by atoms with E-state index >= 15 is 0 Å². The van der Waals surface area contributed by atoms with Crippen LogP contribution in [0.15, 0.2) is 29.0 Å². The number of aromatic nitrogens is 2. The number of hydrogen-bond acceptors (Lipinski definition) is 7. The smallest absolute Gasteiger partial charge is 0.259 e. The molecule has 2 aromatic heterocycles. The molecule has 0 radical (unpaired) electrons. The summed E-state index contributed by atoms with van der Waals surface area (Å²) in [5, 5.41) is 17.3. The first-order chi connectivity index (χ1) is 15.9. The number of nitrogens with one attached hydrogen (secondary N) is 2. The summed E-state index contributed by atoms with van der Waals surface area (Å²) < 4.78 is 5.46. The molecular weight excluding hydrogens is 501 g/mol. The number of hydrogen-bond donors (Lipinski definition) is 3. The van der Waals surface area contributed by atoms with Gasteiger partial charge in [0, 0.05) is 43.2 Å². The van der Waals surface area contributed by atoms with E-state index in [9.17, 15) is 9.90 Å². The van der Waals surface area contributed by atoms with Gasteiger partial charge < -0.3 is 25.1 Å². The summed E-state index contributed by atoms with van der Waals surface area (Å²) in [6.45, 7) is 16.5. The molecule has 1 unspecified atom stereocenters. The lowest BCUT2D eigenvalue weighted by molar-refractivity contribution is -0.0111. The van der Waals surface area contributed by atoms with Gasteiger partial charge >= 0.3 is 0 Å². The molecule has 0 aliphatic carbocycles. The molecule has 3 N–H and O–H groups in total. The highest BCUT2D eigenvalue weighted by Gasteiger charge is 2.37. The summed E-state index contributed by atoms with van der Waals surface area (Å²) >= 11 is 0. The largest absolute Gasteiger partial charge is 0.467 e. The molecule has 1 aliphatic heterocycles. The number of carbonyl (C=O) groups is 1. The molecule has 1 fully saturated rings. The maximum Gasteiger partial charge on any atom is 0.259 e. The quantitative estimate of drug-likeness (QED) is 0.444. The Morgan fingerprint density at radius 2 is 1.94 bits per heavy atom. The highest BCUT2D eigenvalue weighted by molar-refractivity contribution is 5.98. The van der Waals surface area contributed by atoms with Crippen molar-refractivity contribution in [2.75, 3.05) is 25.0 Å². The Morgan fingerprint density at radius 3 is 2.50 bits per heavy atom. The van der Waals surface area contributed by atoms with Crippen molar-refractivity contribution in [3.05, 3.63) is 41.7 Å². The number of rotatable bonds is 8. The van der Waals surface area contributed by atoms with Crippen LogP contribution in [0.3, 0.4) is 0 Å². The van der Waals surface area contributed by atoms with E-state index in [2.05, 4.69) is 50.2 Å². The Balaban J connectivity index is 0.00000324. The van der Waals surface area contributed by atoms with Crippen molar-refractivity contribution in [2.45, 2.75) is 78.5 Å². The van der Waals surface area contributed by atoms with Crippen LogP contribution in [0.5, 0.6) is 0 Å². The van der Waals surface area contributed by atoms with E-state index in [1.54, 1.807) is 12.5 Å². The minimum Gasteiger partial charge on any atom is -0.467 e. The number of anilines is 1. The summed E-state index contributed by atoms with van der Waals surface area (Å²) in [6, 6.07) is 3.69. The van der Waals surface area contributed by atoms with Gasteiger partial charge in [-0.1, -0.05) is 34.6 Å². The van der Waals surface area contributed by atoms with Gasteiger partial charge in [0.15, 0.2) is 0 Å². The number of carbonyl (C=O) groups excluding carboxylic acids is 1. The average Bonchev–Trinajstić information content (AvgIpc) is 3.28. The molecule has 0 aromatic carbocycles. The number of aliphatic hydroxyl groups is 1. The lowest BCUT2D eigenvalue weighted by Crippen LogP contribution is -2.55. The van der Waals surface area contributed by atoms with Gasteiger partial charge in [-0.05, 0) is 38.3 Å². The zero-order valence-corrected chi connectivity index (χ0v) is 24.1. The number of furan rings is 1. The Hall–Kier alpha value is -1.87. The third-order valence-electron chi connectivity index (χ3n) is 6.29. The zero-order chi connectivity index (χ0) is 25.1. The fourth-order valence-electron chi connectivity index (χ4n) is 4.26. The molecule has 1 aliphatic rings. The molecule has 1 amide bonds. The van der Waals surface area contributed by atoms with E-state index in [4.69, 9.17) is 9.40 Å². The van der Waals surface area contributed by atoms with Crippen molar-refractivity contribution in [1.82, 2.24) is 20.2 Å². The van der Waals surface area contributed by atoms with Gasteiger partial charge in [-0.15, -0.1) is 24.8 Å². The Morgan fingerprint density at radius 1 is 1.25 bits per heavy atom. The maximum atomic E-state index is 14.0. The lowest BCUT2D eigenvalue weighted by atomic mass is 9.82. The molecule has 3 rings (SSSR count). The van der Waals surface area contributed by atoms with Gasteiger partial charge in [-0.3, -0.25) is 4.79 Å². The third kappa shape index (κ3) is 8.33. The minimum atomic E-state index is -0.814. The number of piperidine rings is 1. The van der Waals surface area contributed by atoms with Crippen LogP contribution in [0.25, 0.3) is 0 Å². The first-order valence-electron chi connectivity index (χ1n) is 12.2. The Labute approximate surface area is 227 Å². The molecule has 204 valence electrons. The van der Waals surface area contributed by atoms with Crippen molar-refractivity contribution in [2.24, 2.45) is 11.8 Å². The molecule has 0 bridgehead atoms. The predicted octanol–water partition coefficient (Wildman–Crippen LogP) is 4.67. The zero-order valence-electron chi connectivity index (χ0n) is 22.5. The van der Waals surface area contributed by atoms with Gasteiger partial charge in [0.2, 0.25) is 0 Å². The van der Waals surface area contributed by atoms with E-state index in [0.29, 0.717) is 42.8 Å². The lowest BCUT2D eigenvalue weighted by Gasteiger charge is -2.42. The van der Waals surface area contributed by atoms with Crippen molar-refractivity contribution in [3.8, 4) is 0 Å². The minimum absolute atomic E-state index is 0. The molecule has 0 spiro atoms. The molecule has 8 nitrogen and oxygen atoms in total. The topological polar surface area (TPSA) is 104 Å². The second kappa shape index (κ2) is 13.1. The second-order valence-electron chi connectivity index (χ2n) is 11.4. The highest BCUT2D eigenvalue weighted by Crippen LogP contribution is 2.29. The molecule has 1 saturated heterocycles. The summed E-state index contributed by atoms with van der Waals surface area (Å²) in [5.41, 5.74) is -0.621. The molecule has 2 aromatic rings. The molecule has 10 heteroatoms. The van der Waals surface area contributed by atoms with Crippen molar-refractivity contribution in [3.63, 3.8) is 0 Å². The first-order valence-corrected chi connectivity index (χ1v) is 12.2. The predicted molar refractivity (Wildman–Crippen MR) is 148 cm³/mol. The monoisotopic (exact) mass is 543 g/mol. The summed E-state index contributed by atoms with van der Waals surface area (Å²) in [7, 11) is 0. The van der Waals surface area contributed by atoms with Crippen LogP contribution in [0.2, 0.25) is 0 Å². The third-order valence-corrected chi connectivity index (χ3v) is 6.29. The fraction of sp³-hybridized carbons (Fsp3) is 0.654. The van der Waals surface area contributed by atoms with Crippen molar-refractivity contribution in [1.29, 1.82) is 0 Å². The summed E-state index contributed by atoms with van der Waals surface area (Å²) in [5.74, 6) is 2.20. The number of nitrogens with zero attached hydrogens (tertiary/aromatic N) is 3. The van der Waals surface area contributed by atoms with Crippen LogP contribution in [0, 0.1) is 11.8 Å². The van der Waals surface area contributed by atoms with Crippen LogP contribution in [0.4, 0.5) is 5.82 Å². The summed E-state index contributed by atoms with van der Waals surface area (Å²) in [4.78, 5) is 25.2. The van der Waals surface area contributed by atoms with Crippen molar-refractivity contribution >= 4 is 36.5 Å². The van der Waals surface area contributed by atoms with Crippen LogP contribution in [-0.4, -0.2) is 57.2 Å². The fourth-order valence-corrected chi connectivity index (χ4v) is 4.26. The maximum absolute atomic E-state index is 14.0. The first kappa shape index (κ1) is 32.2. The van der Waals surface area contributed by atoms with Gasteiger partial charge in [0.05, 0.1) is 18.4 Å². The van der Waals surface area contributed by atoms with Crippen LogP contribution in [-0.2, 0) is 12.0 Å². The normalized spacial score (nSPS) is 18.2. The van der Waals surface area contributed by atoms with E-state index in [0.717, 1.165) is 18.7 Å². The van der Waals surface area contributed by atoms with Crippen molar-refractivity contribution < 1.29 is 14.3 Å². The van der Waals surface area contributed by atoms with Crippen LogP contribution in [0.1, 0.15) is 76.8 Å². The molecular formula is C26H43Cl2N5O3. The van der Waals surface area contributed by atoms with E-state index < -0.39 is 5.60 Å². The van der Waals surface area contributed by atoms with Gasteiger partial charge in [-0.2, -0.15) is 0 Å². The van der Waals surface area contributed by atoms with Gasteiger partial charge in [0.25, 0.3) is 5.91 Å². The number of halogens is 2.